The second-order valence-electron chi connectivity index (χ2n) is 6.16. The molecular formula is C21H16N4O2. The second-order valence-corrected chi connectivity index (χ2v) is 6.16. The number of rotatable bonds is 4. The highest BCUT2D eigenvalue weighted by molar-refractivity contribution is 5.94. The van der Waals surface area contributed by atoms with Crippen LogP contribution in [0.5, 0.6) is 0 Å². The molecule has 6 nitrogen and oxygen atoms in total. The van der Waals surface area contributed by atoms with E-state index in [1.54, 1.807) is 6.07 Å². The van der Waals surface area contributed by atoms with E-state index in [-0.39, 0.29) is 5.69 Å². The second kappa shape index (κ2) is 6.84. The van der Waals surface area contributed by atoms with E-state index in [4.69, 9.17) is 0 Å². The van der Waals surface area contributed by atoms with Crippen molar-refractivity contribution in [2.45, 2.75) is 6.92 Å². The SMILES string of the molecule is Cc1ccccc1Nc1nc(-c2ccccc2)c2cc([N+](=O)[O-])ccc2n1. The molecule has 0 amide bonds. The molecule has 0 aliphatic carbocycles. The molecule has 0 spiro atoms. The topological polar surface area (TPSA) is 81.0 Å². The third-order valence-electron chi connectivity index (χ3n) is 4.33. The Morgan fingerprint density at radius 2 is 1.67 bits per heavy atom. The molecule has 0 saturated carbocycles. The van der Waals surface area contributed by atoms with Gasteiger partial charge >= 0.3 is 0 Å². The predicted octanol–water partition coefficient (Wildman–Crippen LogP) is 5.26. The highest BCUT2D eigenvalue weighted by atomic mass is 16.6. The summed E-state index contributed by atoms with van der Waals surface area (Å²) < 4.78 is 0. The molecular weight excluding hydrogens is 340 g/mol. The number of non-ortho nitro benzene ring substituents is 1. The van der Waals surface area contributed by atoms with Crippen LogP contribution in [0.1, 0.15) is 5.56 Å². The molecule has 4 rings (SSSR count). The van der Waals surface area contributed by atoms with E-state index < -0.39 is 4.92 Å². The van der Waals surface area contributed by atoms with Crippen molar-refractivity contribution in [3.05, 3.63) is 88.5 Å². The number of hydrogen-bond donors (Lipinski definition) is 1. The lowest BCUT2D eigenvalue weighted by atomic mass is 10.1. The Morgan fingerprint density at radius 3 is 2.41 bits per heavy atom. The van der Waals surface area contributed by atoms with Gasteiger partial charge in [-0.05, 0) is 24.6 Å². The molecule has 3 aromatic carbocycles. The highest BCUT2D eigenvalue weighted by Gasteiger charge is 2.14. The average molecular weight is 356 g/mol. The first-order valence-electron chi connectivity index (χ1n) is 8.46. The van der Waals surface area contributed by atoms with Gasteiger partial charge in [0.2, 0.25) is 5.95 Å². The molecule has 27 heavy (non-hydrogen) atoms. The van der Waals surface area contributed by atoms with Gasteiger partial charge in [-0.15, -0.1) is 0 Å². The van der Waals surface area contributed by atoms with Gasteiger partial charge in [0, 0.05) is 28.8 Å². The normalized spacial score (nSPS) is 10.7. The van der Waals surface area contributed by atoms with E-state index in [1.165, 1.54) is 12.1 Å². The number of fused-ring (bicyclic) bond motifs is 1. The van der Waals surface area contributed by atoms with Gasteiger partial charge in [-0.1, -0.05) is 48.5 Å². The van der Waals surface area contributed by atoms with Crippen molar-refractivity contribution in [2.75, 3.05) is 5.32 Å². The van der Waals surface area contributed by atoms with Gasteiger partial charge < -0.3 is 5.32 Å². The number of aromatic nitrogens is 2. The third-order valence-corrected chi connectivity index (χ3v) is 4.33. The number of aryl methyl sites for hydroxylation is 1. The predicted molar refractivity (Wildman–Crippen MR) is 106 cm³/mol. The Labute approximate surface area is 155 Å². The molecule has 0 fully saturated rings. The molecule has 0 saturated heterocycles. The molecule has 0 aliphatic rings. The number of nitrogens with one attached hydrogen (secondary N) is 1. The fourth-order valence-electron chi connectivity index (χ4n) is 2.94. The third kappa shape index (κ3) is 3.32. The van der Waals surface area contributed by atoms with E-state index in [0.29, 0.717) is 22.5 Å². The number of para-hydroxylation sites is 1. The van der Waals surface area contributed by atoms with Gasteiger partial charge in [0.05, 0.1) is 16.1 Å². The standard InChI is InChI=1S/C21H16N4O2/c1-14-7-5-6-10-18(14)22-21-23-19-12-11-16(25(26)27)13-17(19)20(24-21)15-8-3-2-4-9-15/h2-13H,1H3,(H,22,23,24). The molecule has 0 aliphatic heterocycles. The largest absolute Gasteiger partial charge is 0.324 e. The summed E-state index contributed by atoms with van der Waals surface area (Å²) in [5.41, 5.74) is 4.18. The minimum absolute atomic E-state index is 0.0166. The van der Waals surface area contributed by atoms with Crippen molar-refractivity contribution in [1.29, 1.82) is 0 Å². The Hall–Kier alpha value is -3.80. The monoisotopic (exact) mass is 356 g/mol. The maximum absolute atomic E-state index is 11.2. The summed E-state index contributed by atoms with van der Waals surface area (Å²) in [6.45, 7) is 2.00. The minimum Gasteiger partial charge on any atom is -0.324 e. The fourth-order valence-corrected chi connectivity index (χ4v) is 2.94. The molecule has 0 bridgehead atoms. The Morgan fingerprint density at radius 1 is 0.926 bits per heavy atom. The minimum atomic E-state index is -0.409. The lowest BCUT2D eigenvalue weighted by Crippen LogP contribution is -2.01. The molecule has 1 N–H and O–H groups in total. The van der Waals surface area contributed by atoms with Crippen molar-refractivity contribution in [1.82, 2.24) is 9.97 Å². The summed E-state index contributed by atoms with van der Waals surface area (Å²) in [5.74, 6) is 0.449. The molecule has 132 valence electrons. The molecule has 6 heteroatoms. The smallest absolute Gasteiger partial charge is 0.270 e. The van der Waals surface area contributed by atoms with Crippen molar-refractivity contribution in [3.63, 3.8) is 0 Å². The lowest BCUT2D eigenvalue weighted by molar-refractivity contribution is -0.384. The number of nitro benzene ring substituents is 1. The number of nitrogens with zero attached hydrogens (tertiary/aromatic N) is 3. The van der Waals surface area contributed by atoms with Crippen LogP contribution in [-0.4, -0.2) is 14.9 Å². The Kier molecular flexibility index (Phi) is 4.22. The van der Waals surface area contributed by atoms with Gasteiger partial charge in [0.1, 0.15) is 0 Å². The quantitative estimate of drug-likeness (QED) is 0.398. The van der Waals surface area contributed by atoms with E-state index in [2.05, 4.69) is 15.3 Å². The van der Waals surface area contributed by atoms with Crippen LogP contribution >= 0.6 is 0 Å². The molecule has 4 aromatic rings. The first kappa shape index (κ1) is 16.7. The zero-order chi connectivity index (χ0) is 18.8. The summed E-state index contributed by atoms with van der Waals surface area (Å²) in [6.07, 6.45) is 0. The maximum atomic E-state index is 11.2. The molecule has 0 unspecified atom stereocenters. The van der Waals surface area contributed by atoms with Gasteiger partial charge in [0.15, 0.2) is 0 Å². The molecule has 0 radical (unpaired) electrons. The summed E-state index contributed by atoms with van der Waals surface area (Å²) in [6, 6.07) is 22.1. The zero-order valence-electron chi connectivity index (χ0n) is 14.6. The molecule has 1 aromatic heterocycles. The van der Waals surface area contributed by atoms with E-state index in [0.717, 1.165) is 16.8 Å². The summed E-state index contributed by atoms with van der Waals surface area (Å²) in [5, 5.41) is 15.1. The van der Waals surface area contributed by atoms with E-state index in [1.807, 2.05) is 61.5 Å². The molecule has 1 heterocycles. The van der Waals surface area contributed by atoms with Gasteiger partial charge in [-0.25, -0.2) is 9.97 Å². The van der Waals surface area contributed by atoms with Crippen molar-refractivity contribution in [3.8, 4) is 11.3 Å². The number of anilines is 2. The maximum Gasteiger partial charge on any atom is 0.270 e. The number of hydrogen-bond acceptors (Lipinski definition) is 5. The van der Waals surface area contributed by atoms with Crippen molar-refractivity contribution >= 4 is 28.2 Å². The number of nitro groups is 1. The van der Waals surface area contributed by atoms with E-state index >= 15 is 0 Å². The van der Waals surface area contributed by atoms with Crippen LogP contribution in [0.2, 0.25) is 0 Å². The highest BCUT2D eigenvalue weighted by Crippen LogP contribution is 2.31. The van der Waals surface area contributed by atoms with Crippen LogP contribution in [0.3, 0.4) is 0 Å². The van der Waals surface area contributed by atoms with Crippen LogP contribution < -0.4 is 5.32 Å². The fraction of sp³-hybridized carbons (Fsp3) is 0.0476. The van der Waals surface area contributed by atoms with Crippen LogP contribution in [0.4, 0.5) is 17.3 Å². The summed E-state index contributed by atoms with van der Waals surface area (Å²) in [4.78, 5) is 20.0. The zero-order valence-corrected chi connectivity index (χ0v) is 14.6. The van der Waals surface area contributed by atoms with E-state index in [9.17, 15) is 10.1 Å². The first-order valence-corrected chi connectivity index (χ1v) is 8.46. The molecule has 0 atom stereocenters. The summed E-state index contributed by atoms with van der Waals surface area (Å²) in [7, 11) is 0. The van der Waals surface area contributed by atoms with Crippen LogP contribution in [0, 0.1) is 17.0 Å². The van der Waals surface area contributed by atoms with Crippen LogP contribution in [0.25, 0.3) is 22.2 Å². The average Bonchev–Trinajstić information content (AvgIpc) is 2.69. The van der Waals surface area contributed by atoms with Gasteiger partial charge in [-0.2, -0.15) is 0 Å². The Bertz CT molecular complexity index is 1140. The lowest BCUT2D eigenvalue weighted by Gasteiger charge is -2.12. The van der Waals surface area contributed by atoms with Crippen LogP contribution in [-0.2, 0) is 0 Å². The first-order chi connectivity index (χ1) is 13.1. The van der Waals surface area contributed by atoms with Gasteiger partial charge in [0.25, 0.3) is 5.69 Å². The Balaban J connectivity index is 1.91. The van der Waals surface area contributed by atoms with Crippen molar-refractivity contribution < 1.29 is 4.92 Å². The number of benzene rings is 3. The van der Waals surface area contributed by atoms with Gasteiger partial charge in [-0.3, -0.25) is 10.1 Å². The van der Waals surface area contributed by atoms with Crippen LogP contribution in [0.15, 0.2) is 72.8 Å². The summed E-state index contributed by atoms with van der Waals surface area (Å²) >= 11 is 0. The van der Waals surface area contributed by atoms with Crippen molar-refractivity contribution in [2.24, 2.45) is 0 Å².